The number of morpholine rings is 1. The van der Waals surface area contributed by atoms with Gasteiger partial charge in [-0.3, -0.25) is 0 Å². The van der Waals surface area contributed by atoms with Crippen molar-refractivity contribution in [2.45, 2.75) is 19.0 Å². The number of hydrogen-bond donors (Lipinski definition) is 2. The molecule has 0 radical (unpaired) electrons. The van der Waals surface area contributed by atoms with Gasteiger partial charge in [0.05, 0.1) is 25.9 Å². The average molecular weight is 315 g/mol. The maximum atomic E-state index is 9.44. The van der Waals surface area contributed by atoms with Crippen molar-refractivity contribution in [3.05, 3.63) is 28.2 Å². The van der Waals surface area contributed by atoms with E-state index in [-0.39, 0.29) is 18.7 Å². The van der Waals surface area contributed by atoms with Crippen LogP contribution in [0.4, 0.5) is 5.69 Å². The largest absolute Gasteiger partial charge is 0.394 e. The minimum Gasteiger partial charge on any atom is -0.394 e. The molecular weight excluding hydrogens is 296 g/mol. The van der Waals surface area contributed by atoms with Gasteiger partial charge in [-0.25, -0.2) is 0 Å². The van der Waals surface area contributed by atoms with Gasteiger partial charge in [0.25, 0.3) is 0 Å². The van der Waals surface area contributed by atoms with Crippen LogP contribution >= 0.6 is 15.9 Å². The molecule has 0 amide bonds. The Bertz CT molecular complexity index is 412. The molecule has 18 heavy (non-hydrogen) atoms. The number of hydrogen-bond acceptors (Lipinski definition) is 4. The zero-order valence-corrected chi connectivity index (χ0v) is 12.1. The Labute approximate surface area is 116 Å². The minimum atomic E-state index is -0.0420. The maximum Gasteiger partial charge on any atom is 0.0755 e. The molecule has 1 heterocycles. The molecule has 4 nitrogen and oxygen atoms in total. The summed E-state index contributed by atoms with van der Waals surface area (Å²) in [6, 6.07) is 6.07. The SMILES string of the molecule is CC(N)c1cc(Br)ccc1N1CCOCC1CO. The zero-order chi connectivity index (χ0) is 13.1. The Morgan fingerprint density at radius 1 is 1.61 bits per heavy atom. The number of rotatable bonds is 3. The third kappa shape index (κ3) is 2.85. The molecule has 1 fully saturated rings. The number of anilines is 1. The van der Waals surface area contributed by atoms with Crippen molar-refractivity contribution < 1.29 is 9.84 Å². The summed E-state index contributed by atoms with van der Waals surface area (Å²) in [4.78, 5) is 2.19. The highest BCUT2D eigenvalue weighted by Gasteiger charge is 2.25. The first-order chi connectivity index (χ1) is 8.63. The molecule has 1 aromatic rings. The third-order valence-electron chi connectivity index (χ3n) is 3.23. The van der Waals surface area contributed by atoms with Crippen LogP contribution in [0, 0.1) is 0 Å². The summed E-state index contributed by atoms with van der Waals surface area (Å²) in [5.41, 5.74) is 8.22. The normalized spacial score (nSPS) is 22.0. The van der Waals surface area contributed by atoms with Gasteiger partial charge in [0.15, 0.2) is 0 Å². The highest BCUT2D eigenvalue weighted by molar-refractivity contribution is 9.10. The van der Waals surface area contributed by atoms with Crippen molar-refractivity contribution in [1.29, 1.82) is 0 Å². The molecule has 1 aliphatic rings. The lowest BCUT2D eigenvalue weighted by Crippen LogP contribution is -2.48. The molecule has 1 saturated heterocycles. The smallest absolute Gasteiger partial charge is 0.0755 e. The zero-order valence-electron chi connectivity index (χ0n) is 10.5. The molecule has 2 rings (SSSR count). The molecule has 1 aromatic carbocycles. The first-order valence-electron chi connectivity index (χ1n) is 6.13. The van der Waals surface area contributed by atoms with Crippen LogP contribution in [0.1, 0.15) is 18.5 Å². The Balaban J connectivity index is 2.36. The van der Waals surface area contributed by atoms with E-state index in [2.05, 4.69) is 26.9 Å². The number of ether oxygens (including phenoxy) is 1. The summed E-state index contributed by atoms with van der Waals surface area (Å²) < 4.78 is 6.43. The lowest BCUT2D eigenvalue weighted by atomic mass is 10.0. The van der Waals surface area contributed by atoms with Crippen LogP contribution in [-0.2, 0) is 4.74 Å². The molecule has 2 atom stereocenters. The number of benzene rings is 1. The number of aliphatic hydroxyl groups is 1. The van der Waals surface area contributed by atoms with Gasteiger partial charge in [-0.2, -0.15) is 0 Å². The molecule has 0 bridgehead atoms. The molecule has 3 N–H and O–H groups in total. The molecule has 0 aromatic heterocycles. The van der Waals surface area contributed by atoms with E-state index in [1.54, 1.807) is 0 Å². The second-order valence-electron chi connectivity index (χ2n) is 4.60. The van der Waals surface area contributed by atoms with Crippen LogP contribution in [0.15, 0.2) is 22.7 Å². The van der Waals surface area contributed by atoms with E-state index in [0.717, 1.165) is 22.3 Å². The molecule has 0 spiro atoms. The number of nitrogens with zero attached hydrogens (tertiary/aromatic N) is 1. The topological polar surface area (TPSA) is 58.7 Å². The van der Waals surface area contributed by atoms with Gasteiger partial charge < -0.3 is 20.5 Å². The average Bonchev–Trinajstić information content (AvgIpc) is 2.38. The van der Waals surface area contributed by atoms with Crippen molar-refractivity contribution in [1.82, 2.24) is 0 Å². The van der Waals surface area contributed by atoms with E-state index in [0.29, 0.717) is 13.2 Å². The molecule has 0 saturated carbocycles. The summed E-state index contributed by atoms with van der Waals surface area (Å²) in [5.74, 6) is 0. The van der Waals surface area contributed by atoms with Gasteiger partial charge in [0, 0.05) is 22.7 Å². The van der Waals surface area contributed by atoms with E-state index in [1.807, 2.05) is 19.1 Å². The van der Waals surface area contributed by atoms with E-state index in [9.17, 15) is 5.11 Å². The molecule has 2 unspecified atom stereocenters. The second kappa shape index (κ2) is 6.02. The van der Waals surface area contributed by atoms with E-state index >= 15 is 0 Å². The highest BCUT2D eigenvalue weighted by Crippen LogP contribution is 2.30. The molecule has 100 valence electrons. The fraction of sp³-hybridized carbons (Fsp3) is 0.538. The predicted octanol–water partition coefficient (Wildman–Crippen LogP) is 1.67. The Morgan fingerprint density at radius 3 is 3.06 bits per heavy atom. The monoisotopic (exact) mass is 314 g/mol. The fourth-order valence-electron chi connectivity index (χ4n) is 2.27. The first-order valence-corrected chi connectivity index (χ1v) is 6.93. The Morgan fingerprint density at radius 2 is 2.39 bits per heavy atom. The van der Waals surface area contributed by atoms with E-state index in [4.69, 9.17) is 10.5 Å². The van der Waals surface area contributed by atoms with Crippen molar-refractivity contribution in [2.75, 3.05) is 31.3 Å². The van der Waals surface area contributed by atoms with Gasteiger partial charge in [0.1, 0.15) is 0 Å². The van der Waals surface area contributed by atoms with Crippen LogP contribution in [0.25, 0.3) is 0 Å². The first kappa shape index (κ1) is 13.8. The summed E-state index contributed by atoms with van der Waals surface area (Å²) in [6.45, 7) is 4.09. The summed E-state index contributed by atoms with van der Waals surface area (Å²) in [7, 11) is 0. The molecule has 5 heteroatoms. The van der Waals surface area contributed by atoms with Gasteiger partial charge in [-0.1, -0.05) is 15.9 Å². The van der Waals surface area contributed by atoms with Gasteiger partial charge in [-0.05, 0) is 30.7 Å². The van der Waals surface area contributed by atoms with Crippen LogP contribution in [0.3, 0.4) is 0 Å². The number of halogens is 1. The number of aliphatic hydroxyl groups excluding tert-OH is 1. The third-order valence-corrected chi connectivity index (χ3v) is 3.72. The number of nitrogens with two attached hydrogens (primary N) is 1. The van der Waals surface area contributed by atoms with Crippen LogP contribution in [0.2, 0.25) is 0 Å². The highest BCUT2D eigenvalue weighted by atomic mass is 79.9. The van der Waals surface area contributed by atoms with Crippen molar-refractivity contribution in [2.24, 2.45) is 5.73 Å². The van der Waals surface area contributed by atoms with Crippen LogP contribution < -0.4 is 10.6 Å². The van der Waals surface area contributed by atoms with Crippen molar-refractivity contribution in [3.63, 3.8) is 0 Å². The summed E-state index contributed by atoms with van der Waals surface area (Å²) >= 11 is 3.47. The summed E-state index contributed by atoms with van der Waals surface area (Å²) in [6.07, 6.45) is 0. The standard InChI is InChI=1S/C13H19BrN2O2/c1-9(15)12-6-10(14)2-3-13(12)16-4-5-18-8-11(16)7-17/h2-3,6,9,11,17H,4-5,7-8,15H2,1H3. The quantitative estimate of drug-likeness (QED) is 0.891. The van der Waals surface area contributed by atoms with Gasteiger partial charge in [0.2, 0.25) is 0 Å². The summed E-state index contributed by atoms with van der Waals surface area (Å²) in [5, 5.41) is 9.44. The van der Waals surface area contributed by atoms with E-state index < -0.39 is 0 Å². The van der Waals surface area contributed by atoms with Crippen LogP contribution in [-0.4, -0.2) is 37.5 Å². The predicted molar refractivity (Wildman–Crippen MR) is 75.8 cm³/mol. The Hall–Kier alpha value is -0.620. The maximum absolute atomic E-state index is 9.44. The van der Waals surface area contributed by atoms with Gasteiger partial charge in [-0.15, -0.1) is 0 Å². The molecule has 1 aliphatic heterocycles. The Kier molecular flexibility index (Phi) is 4.61. The van der Waals surface area contributed by atoms with Crippen LogP contribution in [0.5, 0.6) is 0 Å². The fourth-order valence-corrected chi connectivity index (χ4v) is 2.65. The lowest BCUT2D eigenvalue weighted by molar-refractivity contribution is 0.0726. The van der Waals surface area contributed by atoms with Crippen molar-refractivity contribution in [3.8, 4) is 0 Å². The lowest BCUT2D eigenvalue weighted by Gasteiger charge is -2.38. The second-order valence-corrected chi connectivity index (χ2v) is 5.51. The molecular formula is C13H19BrN2O2. The molecule has 0 aliphatic carbocycles. The van der Waals surface area contributed by atoms with E-state index in [1.165, 1.54) is 0 Å². The van der Waals surface area contributed by atoms with Gasteiger partial charge >= 0.3 is 0 Å². The van der Waals surface area contributed by atoms with Crippen molar-refractivity contribution >= 4 is 21.6 Å². The minimum absolute atomic E-state index is 0.0115.